The van der Waals surface area contributed by atoms with E-state index in [2.05, 4.69) is 18.3 Å². The molecule has 1 atom stereocenters. The highest BCUT2D eigenvalue weighted by atomic mass is 35.5. The molecule has 0 amide bonds. The zero-order valence-electron chi connectivity index (χ0n) is 11.4. The van der Waals surface area contributed by atoms with E-state index in [1.165, 1.54) is 5.56 Å². The van der Waals surface area contributed by atoms with Crippen LogP contribution in [0.5, 0.6) is 0 Å². The van der Waals surface area contributed by atoms with Crippen LogP contribution in [0.3, 0.4) is 0 Å². The largest absolute Gasteiger partial charge is 0.313 e. The van der Waals surface area contributed by atoms with Crippen LogP contribution < -0.4 is 5.32 Å². The SMILES string of the molecule is CNC(Cc1cccc(Cl)c1Cl)c1ccc(Cl)cc1C. The van der Waals surface area contributed by atoms with Crippen LogP contribution in [-0.4, -0.2) is 7.05 Å². The van der Waals surface area contributed by atoms with E-state index in [1.54, 1.807) is 6.07 Å². The number of benzene rings is 2. The molecule has 0 aromatic heterocycles. The smallest absolute Gasteiger partial charge is 0.0624 e. The molecule has 0 radical (unpaired) electrons. The summed E-state index contributed by atoms with van der Waals surface area (Å²) in [7, 11) is 1.94. The molecule has 0 spiro atoms. The molecular formula is C16H16Cl3N. The summed E-state index contributed by atoms with van der Waals surface area (Å²) in [5.74, 6) is 0. The second-order valence-electron chi connectivity index (χ2n) is 4.76. The van der Waals surface area contributed by atoms with E-state index in [-0.39, 0.29) is 6.04 Å². The van der Waals surface area contributed by atoms with Crippen molar-refractivity contribution in [1.29, 1.82) is 0 Å². The van der Waals surface area contributed by atoms with Gasteiger partial charge in [0.15, 0.2) is 0 Å². The number of halogens is 3. The highest BCUT2D eigenvalue weighted by Crippen LogP contribution is 2.30. The van der Waals surface area contributed by atoms with Gasteiger partial charge in [0, 0.05) is 11.1 Å². The van der Waals surface area contributed by atoms with Crippen LogP contribution in [-0.2, 0) is 6.42 Å². The first kappa shape index (κ1) is 15.7. The molecule has 0 aliphatic rings. The summed E-state index contributed by atoms with van der Waals surface area (Å²) in [5.41, 5.74) is 3.41. The minimum absolute atomic E-state index is 0.170. The molecule has 0 fully saturated rings. The molecule has 0 bridgehead atoms. The number of aryl methyl sites for hydroxylation is 1. The molecule has 1 nitrogen and oxygen atoms in total. The maximum absolute atomic E-state index is 6.27. The second-order valence-corrected chi connectivity index (χ2v) is 5.98. The predicted molar refractivity (Wildman–Crippen MR) is 88.2 cm³/mol. The molecule has 20 heavy (non-hydrogen) atoms. The Kier molecular flexibility index (Phi) is 5.34. The van der Waals surface area contributed by atoms with Crippen molar-refractivity contribution in [2.45, 2.75) is 19.4 Å². The van der Waals surface area contributed by atoms with Crippen molar-refractivity contribution in [3.05, 3.63) is 68.2 Å². The first-order chi connectivity index (χ1) is 9.52. The highest BCUT2D eigenvalue weighted by Gasteiger charge is 2.15. The van der Waals surface area contributed by atoms with Gasteiger partial charge in [0.25, 0.3) is 0 Å². The Hall–Kier alpha value is -0.730. The number of hydrogen-bond acceptors (Lipinski definition) is 1. The Labute approximate surface area is 134 Å². The summed E-state index contributed by atoms with van der Waals surface area (Å²) in [6, 6.07) is 11.8. The van der Waals surface area contributed by atoms with Crippen LogP contribution in [0.4, 0.5) is 0 Å². The molecule has 2 aromatic rings. The number of rotatable bonds is 4. The van der Waals surface area contributed by atoms with E-state index in [9.17, 15) is 0 Å². The summed E-state index contributed by atoms with van der Waals surface area (Å²) in [4.78, 5) is 0. The lowest BCUT2D eigenvalue weighted by Crippen LogP contribution is -2.20. The van der Waals surface area contributed by atoms with Gasteiger partial charge < -0.3 is 5.32 Å². The molecule has 106 valence electrons. The second kappa shape index (κ2) is 6.82. The minimum Gasteiger partial charge on any atom is -0.313 e. The maximum atomic E-state index is 6.27. The summed E-state index contributed by atoms with van der Waals surface area (Å²) < 4.78 is 0. The van der Waals surface area contributed by atoms with Crippen molar-refractivity contribution in [3.63, 3.8) is 0 Å². The topological polar surface area (TPSA) is 12.0 Å². The summed E-state index contributed by atoms with van der Waals surface area (Å²) in [6.45, 7) is 2.06. The predicted octanol–water partition coefficient (Wildman–Crippen LogP) is 5.46. The van der Waals surface area contributed by atoms with Gasteiger partial charge in [-0.05, 0) is 55.3 Å². The molecule has 0 saturated carbocycles. The lowest BCUT2D eigenvalue weighted by atomic mass is 9.95. The molecular weight excluding hydrogens is 313 g/mol. The van der Waals surface area contributed by atoms with Gasteiger partial charge in [-0.3, -0.25) is 0 Å². The third kappa shape index (κ3) is 3.48. The quantitative estimate of drug-likeness (QED) is 0.786. The van der Waals surface area contributed by atoms with Gasteiger partial charge in [0.1, 0.15) is 0 Å². The average molecular weight is 329 g/mol. The van der Waals surface area contributed by atoms with Crippen molar-refractivity contribution in [1.82, 2.24) is 5.32 Å². The number of likely N-dealkylation sites (N-methyl/N-ethyl adjacent to an activating group) is 1. The normalized spacial score (nSPS) is 12.4. The number of nitrogens with one attached hydrogen (secondary N) is 1. The van der Waals surface area contributed by atoms with Crippen LogP contribution in [0, 0.1) is 6.92 Å². The molecule has 0 aliphatic carbocycles. The van der Waals surface area contributed by atoms with Crippen LogP contribution in [0.2, 0.25) is 15.1 Å². The summed E-state index contributed by atoms with van der Waals surface area (Å²) in [5, 5.41) is 5.30. The van der Waals surface area contributed by atoms with Gasteiger partial charge in [-0.1, -0.05) is 53.0 Å². The van der Waals surface area contributed by atoms with Crippen LogP contribution in [0.25, 0.3) is 0 Å². The third-order valence-corrected chi connectivity index (χ3v) is 4.50. The standard InChI is InChI=1S/C16H16Cl3N/c1-10-8-12(17)6-7-13(10)15(20-2)9-11-4-3-5-14(18)16(11)19/h3-8,15,20H,9H2,1-2H3. The van der Waals surface area contributed by atoms with Crippen molar-refractivity contribution in [2.24, 2.45) is 0 Å². The zero-order chi connectivity index (χ0) is 14.7. The molecule has 2 aromatic carbocycles. The molecule has 0 aliphatic heterocycles. The van der Waals surface area contributed by atoms with Gasteiger partial charge in [0.05, 0.1) is 10.0 Å². The van der Waals surface area contributed by atoms with Crippen molar-refractivity contribution >= 4 is 34.8 Å². The van der Waals surface area contributed by atoms with Crippen molar-refractivity contribution < 1.29 is 0 Å². The minimum atomic E-state index is 0.170. The van der Waals surface area contributed by atoms with Gasteiger partial charge in [-0.2, -0.15) is 0 Å². The fraction of sp³-hybridized carbons (Fsp3) is 0.250. The Morgan fingerprint density at radius 2 is 1.85 bits per heavy atom. The van der Waals surface area contributed by atoms with Crippen LogP contribution in [0.15, 0.2) is 36.4 Å². The van der Waals surface area contributed by atoms with E-state index in [0.717, 1.165) is 22.6 Å². The van der Waals surface area contributed by atoms with Crippen molar-refractivity contribution in [3.8, 4) is 0 Å². The molecule has 2 rings (SSSR count). The average Bonchev–Trinajstić information content (AvgIpc) is 2.41. The lowest BCUT2D eigenvalue weighted by molar-refractivity contribution is 0.589. The van der Waals surface area contributed by atoms with Crippen LogP contribution in [0.1, 0.15) is 22.7 Å². The highest BCUT2D eigenvalue weighted by molar-refractivity contribution is 6.42. The monoisotopic (exact) mass is 327 g/mol. The molecule has 0 saturated heterocycles. The third-order valence-electron chi connectivity index (χ3n) is 3.41. The van der Waals surface area contributed by atoms with Crippen molar-refractivity contribution in [2.75, 3.05) is 7.05 Å². The summed E-state index contributed by atoms with van der Waals surface area (Å²) >= 11 is 18.3. The number of hydrogen-bond donors (Lipinski definition) is 1. The first-order valence-electron chi connectivity index (χ1n) is 6.39. The van der Waals surface area contributed by atoms with E-state index in [0.29, 0.717) is 10.0 Å². The molecule has 1 N–H and O–H groups in total. The first-order valence-corrected chi connectivity index (χ1v) is 7.52. The Morgan fingerprint density at radius 3 is 2.50 bits per heavy atom. The van der Waals surface area contributed by atoms with E-state index < -0.39 is 0 Å². The van der Waals surface area contributed by atoms with E-state index in [1.807, 2.05) is 31.3 Å². The zero-order valence-corrected chi connectivity index (χ0v) is 13.7. The maximum Gasteiger partial charge on any atom is 0.0624 e. The Bertz CT molecular complexity index is 611. The van der Waals surface area contributed by atoms with Gasteiger partial charge in [-0.15, -0.1) is 0 Å². The molecule has 0 heterocycles. The fourth-order valence-corrected chi connectivity index (χ4v) is 2.95. The van der Waals surface area contributed by atoms with Gasteiger partial charge in [-0.25, -0.2) is 0 Å². The van der Waals surface area contributed by atoms with Gasteiger partial charge >= 0.3 is 0 Å². The Morgan fingerprint density at radius 1 is 1.10 bits per heavy atom. The van der Waals surface area contributed by atoms with E-state index in [4.69, 9.17) is 34.8 Å². The lowest BCUT2D eigenvalue weighted by Gasteiger charge is -2.20. The Balaban J connectivity index is 2.31. The summed E-state index contributed by atoms with van der Waals surface area (Å²) in [6.07, 6.45) is 0.776. The van der Waals surface area contributed by atoms with E-state index >= 15 is 0 Å². The van der Waals surface area contributed by atoms with Gasteiger partial charge in [0.2, 0.25) is 0 Å². The fourth-order valence-electron chi connectivity index (χ4n) is 2.32. The molecule has 1 unspecified atom stereocenters. The van der Waals surface area contributed by atoms with Crippen LogP contribution >= 0.6 is 34.8 Å². The molecule has 4 heteroatoms.